The van der Waals surface area contributed by atoms with Crippen molar-refractivity contribution in [2.45, 2.75) is 123 Å². The lowest BCUT2D eigenvalue weighted by Gasteiger charge is -2.60. The van der Waals surface area contributed by atoms with Gasteiger partial charge in [0.15, 0.2) is 0 Å². The Morgan fingerprint density at radius 2 is 1.75 bits per heavy atom. The topological polar surface area (TPSA) is 20.2 Å². The molecule has 1 N–H and O–H groups in total. The normalized spacial score (nSPS) is 45.1. The summed E-state index contributed by atoms with van der Waals surface area (Å²) in [6.45, 7) is 7.40. The first-order valence-electron chi connectivity index (χ1n) is 12.9. The van der Waals surface area contributed by atoms with E-state index >= 15 is 0 Å². The van der Waals surface area contributed by atoms with Crippen molar-refractivity contribution in [3.05, 3.63) is 11.6 Å². The molecular formula is C27H46O. The van der Waals surface area contributed by atoms with Gasteiger partial charge in [-0.25, -0.2) is 0 Å². The van der Waals surface area contributed by atoms with Crippen LogP contribution in [-0.4, -0.2) is 11.2 Å². The molecule has 0 bridgehead atoms. The van der Waals surface area contributed by atoms with Crippen LogP contribution in [0.4, 0.5) is 0 Å². The molecule has 4 aliphatic carbocycles. The Hall–Kier alpha value is -0.300. The first kappa shape index (κ1) is 21.0. The standard InChI is InChI=1S/C27H46O/c1-4-5-6-7-8-9-12-20-19-21-23-14-15-25(28)27(23,3)18-16-24(21)26(2)17-11-10-13-22(20)26/h13,20-21,23-25,28H,4-12,14-19H2,1-3H3/t20-,21+,23+,24+,25+,26+,27+/m1/s1. The number of fused-ring (bicyclic) bond motifs is 5. The molecule has 0 aromatic rings. The van der Waals surface area contributed by atoms with Crippen LogP contribution in [-0.2, 0) is 0 Å². The summed E-state index contributed by atoms with van der Waals surface area (Å²) in [7, 11) is 0. The molecule has 0 heterocycles. The second kappa shape index (κ2) is 8.44. The molecule has 3 saturated carbocycles. The first-order valence-corrected chi connectivity index (χ1v) is 12.9. The molecular weight excluding hydrogens is 340 g/mol. The number of allylic oxidation sites excluding steroid dienone is 2. The van der Waals surface area contributed by atoms with Crippen LogP contribution in [0, 0.1) is 34.5 Å². The van der Waals surface area contributed by atoms with Gasteiger partial charge in [-0.1, -0.05) is 70.9 Å². The van der Waals surface area contributed by atoms with Gasteiger partial charge in [-0.3, -0.25) is 0 Å². The van der Waals surface area contributed by atoms with Crippen molar-refractivity contribution in [3.63, 3.8) is 0 Å². The maximum absolute atomic E-state index is 10.8. The van der Waals surface area contributed by atoms with Crippen LogP contribution in [0.3, 0.4) is 0 Å². The van der Waals surface area contributed by atoms with Crippen molar-refractivity contribution in [1.29, 1.82) is 0 Å². The highest BCUT2D eigenvalue weighted by molar-refractivity contribution is 5.26. The van der Waals surface area contributed by atoms with Crippen molar-refractivity contribution >= 4 is 0 Å². The summed E-state index contributed by atoms with van der Waals surface area (Å²) in [5, 5.41) is 10.8. The van der Waals surface area contributed by atoms with Gasteiger partial charge in [-0.2, -0.15) is 0 Å². The number of hydrogen-bond donors (Lipinski definition) is 1. The number of rotatable bonds is 7. The highest BCUT2D eigenvalue weighted by atomic mass is 16.3. The molecule has 0 aromatic heterocycles. The van der Waals surface area contributed by atoms with E-state index in [1.807, 2.05) is 5.57 Å². The molecule has 0 radical (unpaired) electrons. The fourth-order valence-corrected chi connectivity index (χ4v) is 8.42. The van der Waals surface area contributed by atoms with Gasteiger partial charge in [-0.15, -0.1) is 0 Å². The van der Waals surface area contributed by atoms with Gasteiger partial charge < -0.3 is 5.11 Å². The minimum Gasteiger partial charge on any atom is -0.393 e. The Kier molecular flexibility index (Phi) is 6.32. The van der Waals surface area contributed by atoms with Gasteiger partial charge in [-0.05, 0) is 92.3 Å². The van der Waals surface area contributed by atoms with E-state index in [0.29, 0.717) is 5.41 Å². The van der Waals surface area contributed by atoms with E-state index in [0.717, 1.165) is 30.1 Å². The lowest BCUT2D eigenvalue weighted by molar-refractivity contribution is -0.0832. The van der Waals surface area contributed by atoms with E-state index in [1.165, 1.54) is 89.9 Å². The van der Waals surface area contributed by atoms with Crippen LogP contribution >= 0.6 is 0 Å². The Labute approximate surface area is 174 Å². The zero-order valence-electron chi connectivity index (χ0n) is 19.0. The maximum atomic E-state index is 10.8. The molecule has 4 rings (SSSR count). The van der Waals surface area contributed by atoms with Crippen LogP contribution < -0.4 is 0 Å². The summed E-state index contributed by atoms with van der Waals surface area (Å²) in [4.78, 5) is 0. The fourth-order valence-electron chi connectivity index (χ4n) is 8.42. The van der Waals surface area contributed by atoms with E-state index in [4.69, 9.17) is 0 Å². The fraction of sp³-hybridized carbons (Fsp3) is 0.926. The van der Waals surface area contributed by atoms with Crippen molar-refractivity contribution in [2.75, 3.05) is 0 Å². The molecule has 0 spiro atoms. The van der Waals surface area contributed by atoms with Crippen molar-refractivity contribution in [2.24, 2.45) is 34.5 Å². The molecule has 3 fully saturated rings. The molecule has 28 heavy (non-hydrogen) atoms. The third-order valence-electron chi connectivity index (χ3n) is 10.0. The predicted octanol–water partition coefficient (Wildman–Crippen LogP) is 7.68. The summed E-state index contributed by atoms with van der Waals surface area (Å²) in [5.74, 6) is 3.40. The monoisotopic (exact) mass is 386 g/mol. The van der Waals surface area contributed by atoms with Crippen LogP contribution in [0.2, 0.25) is 0 Å². The number of aliphatic hydroxyl groups is 1. The molecule has 4 aliphatic rings. The lowest BCUT2D eigenvalue weighted by atomic mass is 9.45. The Balaban J connectivity index is 1.49. The van der Waals surface area contributed by atoms with Gasteiger partial charge in [0.2, 0.25) is 0 Å². The zero-order chi connectivity index (χ0) is 19.8. The third kappa shape index (κ3) is 3.52. The lowest BCUT2D eigenvalue weighted by Crippen LogP contribution is -2.52. The Bertz CT molecular complexity index is 565. The number of hydrogen-bond acceptors (Lipinski definition) is 1. The first-order chi connectivity index (χ1) is 13.5. The largest absolute Gasteiger partial charge is 0.393 e. The van der Waals surface area contributed by atoms with Gasteiger partial charge in [0.25, 0.3) is 0 Å². The second-order valence-corrected chi connectivity index (χ2v) is 11.5. The van der Waals surface area contributed by atoms with E-state index in [9.17, 15) is 5.11 Å². The smallest absolute Gasteiger partial charge is 0.0596 e. The maximum Gasteiger partial charge on any atom is 0.0596 e. The summed E-state index contributed by atoms with van der Waals surface area (Å²) < 4.78 is 0. The Morgan fingerprint density at radius 1 is 0.964 bits per heavy atom. The van der Waals surface area contributed by atoms with Crippen molar-refractivity contribution in [1.82, 2.24) is 0 Å². The molecule has 1 heteroatoms. The number of aliphatic hydroxyl groups excluding tert-OH is 1. The quantitative estimate of drug-likeness (QED) is 0.351. The summed E-state index contributed by atoms with van der Waals surface area (Å²) >= 11 is 0. The molecule has 0 aromatic carbocycles. The van der Waals surface area contributed by atoms with Crippen molar-refractivity contribution in [3.8, 4) is 0 Å². The minimum absolute atomic E-state index is 0.0356. The van der Waals surface area contributed by atoms with Gasteiger partial charge >= 0.3 is 0 Å². The third-order valence-corrected chi connectivity index (χ3v) is 10.0. The Morgan fingerprint density at radius 3 is 2.57 bits per heavy atom. The molecule has 1 nitrogen and oxygen atoms in total. The second-order valence-electron chi connectivity index (χ2n) is 11.5. The van der Waals surface area contributed by atoms with Gasteiger partial charge in [0.1, 0.15) is 0 Å². The minimum atomic E-state index is -0.0356. The van der Waals surface area contributed by atoms with Crippen LogP contribution in [0.1, 0.15) is 117 Å². The molecule has 0 aliphatic heterocycles. The summed E-state index contributed by atoms with van der Waals surface area (Å²) in [6.07, 6.45) is 23.2. The molecule has 7 atom stereocenters. The summed E-state index contributed by atoms with van der Waals surface area (Å²) in [6, 6.07) is 0. The van der Waals surface area contributed by atoms with Crippen LogP contribution in [0.25, 0.3) is 0 Å². The van der Waals surface area contributed by atoms with E-state index in [2.05, 4.69) is 26.8 Å². The average Bonchev–Trinajstić information content (AvgIpc) is 2.99. The predicted molar refractivity (Wildman–Crippen MR) is 119 cm³/mol. The van der Waals surface area contributed by atoms with E-state index < -0.39 is 0 Å². The molecule has 0 amide bonds. The molecule has 0 unspecified atom stereocenters. The summed E-state index contributed by atoms with van der Waals surface area (Å²) in [5.41, 5.74) is 2.58. The van der Waals surface area contributed by atoms with Gasteiger partial charge in [0.05, 0.1) is 6.10 Å². The van der Waals surface area contributed by atoms with Gasteiger partial charge in [0, 0.05) is 0 Å². The molecule has 160 valence electrons. The average molecular weight is 387 g/mol. The van der Waals surface area contributed by atoms with Crippen molar-refractivity contribution < 1.29 is 5.11 Å². The SMILES string of the molecule is CCCCCCCC[C@@H]1C[C@H]2[C@@H]3CC[C@H](O)[C@@]3(C)CC[C@@H]2[C@@]2(C)CCCC=C12. The molecule has 0 saturated heterocycles. The highest BCUT2D eigenvalue weighted by Gasteiger charge is 2.59. The van der Waals surface area contributed by atoms with E-state index in [-0.39, 0.29) is 11.5 Å². The highest BCUT2D eigenvalue weighted by Crippen LogP contribution is 2.66. The van der Waals surface area contributed by atoms with Crippen LogP contribution in [0.5, 0.6) is 0 Å². The zero-order valence-corrected chi connectivity index (χ0v) is 19.0. The number of unbranched alkanes of at least 4 members (excludes halogenated alkanes) is 5. The van der Waals surface area contributed by atoms with E-state index in [1.54, 1.807) is 0 Å². The van der Waals surface area contributed by atoms with Crippen LogP contribution in [0.15, 0.2) is 11.6 Å².